The molecule has 1 aliphatic heterocycles. The van der Waals surface area contributed by atoms with Crippen molar-refractivity contribution in [3.8, 4) is 0 Å². The zero-order valence-electron chi connectivity index (χ0n) is 15.6. The number of rotatable bonds is 14. The Hall–Kier alpha value is -0.690. The minimum Gasteiger partial charge on any atom is -0.463 e. The van der Waals surface area contributed by atoms with Crippen LogP contribution in [0.5, 0.6) is 0 Å². The normalized spacial score (nSPS) is 26.1. The van der Waals surface area contributed by atoms with Gasteiger partial charge in [0.05, 0.1) is 0 Å². The van der Waals surface area contributed by atoms with Crippen LogP contribution in [0.15, 0.2) is 0 Å². The van der Waals surface area contributed by atoms with Gasteiger partial charge in [0.25, 0.3) is 0 Å². The van der Waals surface area contributed by atoms with Crippen LogP contribution in [0.1, 0.15) is 84.0 Å². The molecule has 3 N–H and O–H groups in total. The quantitative estimate of drug-likeness (QED) is 0.325. The summed E-state index contributed by atoms with van der Waals surface area (Å²) in [6.07, 6.45) is 8.94. The highest BCUT2D eigenvalue weighted by molar-refractivity contribution is 5.69. The van der Waals surface area contributed by atoms with E-state index in [0.717, 1.165) is 19.3 Å². The van der Waals surface area contributed by atoms with Crippen LogP contribution in [0.25, 0.3) is 0 Å². The zero-order chi connectivity index (χ0) is 18.5. The fraction of sp³-hybridized carbons (Fsp3) is 0.947. The van der Waals surface area contributed by atoms with Crippen molar-refractivity contribution < 1.29 is 29.6 Å². The van der Waals surface area contributed by atoms with Gasteiger partial charge in [0.1, 0.15) is 24.9 Å². The number of aliphatic hydroxyl groups is 3. The summed E-state index contributed by atoms with van der Waals surface area (Å²) in [5, 5.41) is 28.2. The Morgan fingerprint density at radius 3 is 1.84 bits per heavy atom. The van der Waals surface area contributed by atoms with Crippen LogP contribution in [-0.4, -0.2) is 52.5 Å². The zero-order valence-corrected chi connectivity index (χ0v) is 15.6. The number of esters is 1. The fourth-order valence-electron chi connectivity index (χ4n) is 3.05. The van der Waals surface area contributed by atoms with Crippen LogP contribution >= 0.6 is 0 Å². The van der Waals surface area contributed by atoms with Gasteiger partial charge in [-0.05, 0) is 6.42 Å². The molecule has 0 aromatic heterocycles. The lowest BCUT2D eigenvalue weighted by Crippen LogP contribution is -2.34. The summed E-state index contributed by atoms with van der Waals surface area (Å²) >= 11 is 0. The maximum atomic E-state index is 11.6. The Balaban J connectivity index is 1.89. The van der Waals surface area contributed by atoms with Gasteiger partial charge < -0.3 is 24.8 Å². The molecule has 1 aliphatic rings. The molecule has 148 valence electrons. The van der Waals surface area contributed by atoms with E-state index in [1.165, 1.54) is 51.4 Å². The average Bonchev–Trinajstić information content (AvgIpc) is 2.84. The van der Waals surface area contributed by atoms with Crippen LogP contribution in [0.3, 0.4) is 0 Å². The van der Waals surface area contributed by atoms with Gasteiger partial charge in [-0.2, -0.15) is 0 Å². The molecular weight excluding hydrogens is 324 g/mol. The molecule has 0 aliphatic carbocycles. The summed E-state index contributed by atoms with van der Waals surface area (Å²) < 4.78 is 9.96. The number of aliphatic hydroxyl groups excluding tert-OH is 3. The van der Waals surface area contributed by atoms with Gasteiger partial charge in [-0.3, -0.25) is 4.79 Å². The van der Waals surface area contributed by atoms with Crippen LogP contribution in [0, 0.1) is 0 Å². The third kappa shape index (κ3) is 9.54. The van der Waals surface area contributed by atoms with E-state index in [-0.39, 0.29) is 12.6 Å². The largest absolute Gasteiger partial charge is 0.463 e. The Morgan fingerprint density at radius 2 is 1.36 bits per heavy atom. The first-order valence-corrected chi connectivity index (χ1v) is 9.91. The molecule has 1 unspecified atom stereocenters. The van der Waals surface area contributed by atoms with Crippen molar-refractivity contribution in [2.45, 2.75) is 109 Å². The molecule has 6 nitrogen and oxygen atoms in total. The smallest absolute Gasteiger partial charge is 0.305 e. The highest BCUT2D eigenvalue weighted by Gasteiger charge is 2.42. The van der Waals surface area contributed by atoms with Crippen molar-refractivity contribution in [2.75, 3.05) is 6.61 Å². The van der Waals surface area contributed by atoms with E-state index in [9.17, 15) is 20.1 Å². The van der Waals surface area contributed by atoms with Crippen molar-refractivity contribution in [3.63, 3.8) is 0 Å². The highest BCUT2D eigenvalue weighted by atomic mass is 16.7. The Kier molecular flexibility index (Phi) is 12.1. The molecule has 6 heteroatoms. The second kappa shape index (κ2) is 13.5. The number of hydrogen-bond acceptors (Lipinski definition) is 6. The van der Waals surface area contributed by atoms with Crippen molar-refractivity contribution in [1.82, 2.24) is 0 Å². The molecule has 0 aromatic rings. The lowest BCUT2D eigenvalue weighted by molar-refractivity contribution is -0.157. The first-order valence-electron chi connectivity index (χ1n) is 9.91. The van der Waals surface area contributed by atoms with E-state index in [2.05, 4.69) is 6.92 Å². The van der Waals surface area contributed by atoms with Crippen LogP contribution in [0.4, 0.5) is 0 Å². The molecule has 1 heterocycles. The molecule has 0 spiro atoms. The standard InChI is InChI=1S/C19H36O6/c1-2-3-4-5-6-7-8-9-10-11-12-13-16(20)24-14-15-17(21)18(22)19(23)25-15/h15,17-19,21-23H,2-14H2,1H3/t15-,17-,18-,19?/m1/s1. The Morgan fingerprint density at radius 1 is 0.840 bits per heavy atom. The van der Waals surface area contributed by atoms with Gasteiger partial charge in [-0.1, -0.05) is 71.1 Å². The minimum atomic E-state index is -1.43. The third-order valence-electron chi connectivity index (χ3n) is 4.73. The number of hydrogen-bond donors (Lipinski definition) is 3. The number of unbranched alkanes of at least 4 members (excludes halogenated alkanes) is 10. The lowest BCUT2D eigenvalue weighted by Gasteiger charge is -2.14. The predicted molar refractivity (Wildman–Crippen MR) is 94.9 cm³/mol. The average molecular weight is 360 g/mol. The topological polar surface area (TPSA) is 96.2 Å². The SMILES string of the molecule is CCCCCCCCCCCCCC(=O)OC[C@H]1OC(O)[C@H](O)[C@@H]1O. The van der Waals surface area contributed by atoms with E-state index in [0.29, 0.717) is 6.42 Å². The second-order valence-corrected chi connectivity index (χ2v) is 7.01. The molecule has 0 amide bonds. The van der Waals surface area contributed by atoms with Gasteiger partial charge in [0.2, 0.25) is 0 Å². The van der Waals surface area contributed by atoms with Crippen LogP contribution < -0.4 is 0 Å². The monoisotopic (exact) mass is 360 g/mol. The third-order valence-corrected chi connectivity index (χ3v) is 4.73. The molecule has 1 fully saturated rings. The Labute approximate surface area is 151 Å². The van der Waals surface area contributed by atoms with E-state index in [1.807, 2.05) is 0 Å². The van der Waals surface area contributed by atoms with Gasteiger partial charge in [0.15, 0.2) is 6.29 Å². The van der Waals surface area contributed by atoms with Gasteiger partial charge in [0, 0.05) is 6.42 Å². The summed E-state index contributed by atoms with van der Waals surface area (Å²) in [6.45, 7) is 2.09. The van der Waals surface area contributed by atoms with Crippen LogP contribution in [-0.2, 0) is 14.3 Å². The van der Waals surface area contributed by atoms with E-state index < -0.39 is 24.6 Å². The minimum absolute atomic E-state index is 0.147. The first-order chi connectivity index (χ1) is 12.1. The van der Waals surface area contributed by atoms with E-state index in [1.54, 1.807) is 0 Å². The number of carbonyl (C=O) groups is 1. The van der Waals surface area contributed by atoms with Crippen LogP contribution in [0.2, 0.25) is 0 Å². The predicted octanol–water partition coefficient (Wildman–Crippen LogP) is 2.67. The maximum absolute atomic E-state index is 11.6. The van der Waals surface area contributed by atoms with Gasteiger partial charge >= 0.3 is 5.97 Å². The summed E-state index contributed by atoms with van der Waals surface area (Å²) in [6, 6.07) is 0. The molecule has 1 rings (SSSR count). The molecule has 0 bridgehead atoms. The van der Waals surface area contributed by atoms with Crippen molar-refractivity contribution in [1.29, 1.82) is 0 Å². The highest BCUT2D eigenvalue weighted by Crippen LogP contribution is 2.20. The molecule has 0 saturated carbocycles. The fourth-order valence-corrected chi connectivity index (χ4v) is 3.05. The molecule has 0 radical (unpaired) electrons. The number of carbonyl (C=O) groups excluding carboxylic acids is 1. The van der Waals surface area contributed by atoms with Gasteiger partial charge in [-0.25, -0.2) is 0 Å². The van der Waals surface area contributed by atoms with Crippen molar-refractivity contribution >= 4 is 5.97 Å². The summed E-state index contributed by atoms with van der Waals surface area (Å²) in [4.78, 5) is 11.6. The van der Waals surface area contributed by atoms with E-state index in [4.69, 9.17) is 9.47 Å². The molecular formula is C19H36O6. The summed E-state index contributed by atoms with van der Waals surface area (Å²) in [5.41, 5.74) is 0. The van der Waals surface area contributed by atoms with Crippen molar-refractivity contribution in [2.24, 2.45) is 0 Å². The Bertz CT molecular complexity index is 349. The summed E-state index contributed by atoms with van der Waals surface area (Å²) in [5.74, 6) is -0.331. The maximum Gasteiger partial charge on any atom is 0.305 e. The number of ether oxygens (including phenoxy) is 2. The molecule has 25 heavy (non-hydrogen) atoms. The van der Waals surface area contributed by atoms with Gasteiger partial charge in [-0.15, -0.1) is 0 Å². The summed E-state index contributed by atoms with van der Waals surface area (Å²) in [7, 11) is 0. The van der Waals surface area contributed by atoms with E-state index >= 15 is 0 Å². The first kappa shape index (κ1) is 22.4. The molecule has 0 aromatic carbocycles. The molecule has 4 atom stereocenters. The van der Waals surface area contributed by atoms with Crippen molar-refractivity contribution in [3.05, 3.63) is 0 Å². The second-order valence-electron chi connectivity index (χ2n) is 7.01. The lowest BCUT2D eigenvalue weighted by atomic mass is 10.1. The molecule has 1 saturated heterocycles.